The fourth-order valence-electron chi connectivity index (χ4n) is 1.90. The number of rotatable bonds is 2. The van der Waals surface area contributed by atoms with Crippen LogP contribution < -0.4 is 5.32 Å². The maximum absolute atomic E-state index is 3.37. The van der Waals surface area contributed by atoms with Gasteiger partial charge in [-0.05, 0) is 13.0 Å². The predicted octanol–water partition coefficient (Wildman–Crippen LogP) is 2.41. The van der Waals surface area contributed by atoms with Crippen molar-refractivity contribution in [3.63, 3.8) is 0 Å². The standard InChI is InChI=1S/C10H12N4/c1-2-11-7-5-13-10-8-6(3-4-12-8)14-9(7)10/h3-5,11-14H,2H2,1H3. The van der Waals surface area contributed by atoms with Gasteiger partial charge in [0.05, 0.1) is 27.8 Å². The lowest BCUT2D eigenvalue weighted by atomic mass is 10.4. The Labute approximate surface area is 80.7 Å². The van der Waals surface area contributed by atoms with Gasteiger partial charge in [-0.3, -0.25) is 0 Å². The first kappa shape index (κ1) is 7.55. The van der Waals surface area contributed by atoms with Crippen molar-refractivity contribution in [3.05, 3.63) is 18.5 Å². The van der Waals surface area contributed by atoms with Crippen molar-refractivity contribution in [2.24, 2.45) is 0 Å². The SMILES string of the molecule is CCNc1c[nH]c2c1[nH]c1cc[nH]c12. The highest BCUT2D eigenvalue weighted by Gasteiger charge is 2.09. The second-order valence-corrected chi connectivity index (χ2v) is 3.37. The molecule has 4 nitrogen and oxygen atoms in total. The average molecular weight is 188 g/mol. The molecule has 72 valence electrons. The first-order valence-corrected chi connectivity index (χ1v) is 4.80. The molecule has 0 aliphatic carbocycles. The van der Waals surface area contributed by atoms with Crippen LogP contribution in [0, 0.1) is 0 Å². The lowest BCUT2D eigenvalue weighted by Crippen LogP contribution is -1.94. The molecule has 3 heterocycles. The van der Waals surface area contributed by atoms with E-state index in [-0.39, 0.29) is 0 Å². The first-order valence-electron chi connectivity index (χ1n) is 4.80. The van der Waals surface area contributed by atoms with Gasteiger partial charge in [0, 0.05) is 18.9 Å². The smallest absolute Gasteiger partial charge is 0.0902 e. The Hall–Kier alpha value is -1.84. The molecular formula is C10H12N4. The zero-order valence-electron chi connectivity index (χ0n) is 7.94. The third-order valence-corrected chi connectivity index (χ3v) is 2.50. The molecule has 0 bridgehead atoms. The highest BCUT2D eigenvalue weighted by atomic mass is 14.9. The molecule has 0 amide bonds. The molecule has 3 aromatic heterocycles. The van der Waals surface area contributed by atoms with Gasteiger partial charge < -0.3 is 20.3 Å². The van der Waals surface area contributed by atoms with Crippen LogP contribution in [0.3, 0.4) is 0 Å². The number of H-pyrrole nitrogens is 3. The first-order chi connectivity index (χ1) is 6.90. The topological polar surface area (TPSA) is 59.4 Å². The Morgan fingerprint density at radius 1 is 1.21 bits per heavy atom. The van der Waals surface area contributed by atoms with E-state index in [1.54, 1.807) is 0 Å². The Balaban J connectivity index is 2.33. The summed E-state index contributed by atoms with van der Waals surface area (Å²) in [7, 11) is 0. The summed E-state index contributed by atoms with van der Waals surface area (Å²) in [6, 6.07) is 2.04. The molecule has 4 heteroatoms. The van der Waals surface area contributed by atoms with Gasteiger partial charge in [-0.2, -0.15) is 0 Å². The minimum atomic E-state index is 0.930. The van der Waals surface area contributed by atoms with Gasteiger partial charge in [0.1, 0.15) is 0 Å². The molecule has 0 aliphatic rings. The monoisotopic (exact) mass is 188 g/mol. The van der Waals surface area contributed by atoms with Gasteiger partial charge in [-0.1, -0.05) is 0 Å². The molecular weight excluding hydrogens is 176 g/mol. The molecule has 14 heavy (non-hydrogen) atoms. The zero-order valence-corrected chi connectivity index (χ0v) is 7.94. The molecule has 0 radical (unpaired) electrons. The lowest BCUT2D eigenvalue weighted by molar-refractivity contribution is 1.21. The number of anilines is 1. The maximum Gasteiger partial charge on any atom is 0.0902 e. The van der Waals surface area contributed by atoms with Crippen molar-refractivity contribution >= 4 is 27.8 Å². The molecule has 0 saturated carbocycles. The molecule has 0 aromatic carbocycles. The van der Waals surface area contributed by atoms with Crippen molar-refractivity contribution < 1.29 is 0 Å². The molecule has 3 aromatic rings. The van der Waals surface area contributed by atoms with E-state index in [4.69, 9.17) is 0 Å². The van der Waals surface area contributed by atoms with E-state index < -0.39 is 0 Å². The van der Waals surface area contributed by atoms with Crippen LogP contribution in [0.1, 0.15) is 6.92 Å². The van der Waals surface area contributed by atoms with E-state index in [1.165, 1.54) is 0 Å². The highest BCUT2D eigenvalue weighted by molar-refractivity contribution is 6.07. The molecule has 0 fully saturated rings. The van der Waals surface area contributed by atoms with Crippen LogP contribution in [-0.2, 0) is 0 Å². The highest BCUT2D eigenvalue weighted by Crippen LogP contribution is 2.28. The van der Waals surface area contributed by atoms with Crippen molar-refractivity contribution in [3.8, 4) is 0 Å². The van der Waals surface area contributed by atoms with Crippen LogP contribution in [0.2, 0.25) is 0 Å². The zero-order chi connectivity index (χ0) is 9.54. The molecule has 0 saturated heterocycles. The van der Waals surface area contributed by atoms with E-state index in [0.717, 1.165) is 34.3 Å². The number of hydrogen-bond acceptors (Lipinski definition) is 1. The van der Waals surface area contributed by atoms with E-state index in [2.05, 4.69) is 27.2 Å². The molecule has 0 spiro atoms. The van der Waals surface area contributed by atoms with Crippen molar-refractivity contribution in [1.29, 1.82) is 0 Å². The summed E-state index contributed by atoms with van der Waals surface area (Å²) in [6.07, 6.45) is 3.93. The summed E-state index contributed by atoms with van der Waals surface area (Å²) in [6.45, 7) is 3.02. The molecule has 4 N–H and O–H groups in total. The third kappa shape index (κ3) is 0.824. The average Bonchev–Trinajstić information content (AvgIpc) is 2.78. The molecule has 0 aliphatic heterocycles. The number of aromatic amines is 3. The fraction of sp³-hybridized carbons (Fsp3) is 0.200. The van der Waals surface area contributed by atoms with Crippen LogP contribution in [0.5, 0.6) is 0 Å². The Morgan fingerprint density at radius 2 is 2.14 bits per heavy atom. The van der Waals surface area contributed by atoms with Gasteiger partial charge in [-0.15, -0.1) is 0 Å². The van der Waals surface area contributed by atoms with Gasteiger partial charge >= 0.3 is 0 Å². The summed E-state index contributed by atoms with van der Waals surface area (Å²) in [5.74, 6) is 0. The van der Waals surface area contributed by atoms with Crippen LogP contribution in [0.4, 0.5) is 5.69 Å². The summed E-state index contributed by atoms with van der Waals surface area (Å²) in [5.41, 5.74) is 5.71. The second-order valence-electron chi connectivity index (χ2n) is 3.37. The Bertz CT molecular complexity index is 569. The molecule has 3 rings (SSSR count). The second kappa shape index (κ2) is 2.57. The van der Waals surface area contributed by atoms with Gasteiger partial charge in [0.2, 0.25) is 0 Å². The summed E-state index contributed by atoms with van der Waals surface area (Å²) < 4.78 is 0. The Kier molecular flexibility index (Phi) is 1.39. The van der Waals surface area contributed by atoms with E-state index >= 15 is 0 Å². The number of hydrogen-bond donors (Lipinski definition) is 4. The summed E-state index contributed by atoms with van der Waals surface area (Å²) in [5, 5.41) is 3.30. The predicted molar refractivity (Wildman–Crippen MR) is 58.7 cm³/mol. The quantitative estimate of drug-likeness (QED) is 0.490. The van der Waals surface area contributed by atoms with Crippen LogP contribution >= 0.6 is 0 Å². The third-order valence-electron chi connectivity index (χ3n) is 2.50. The van der Waals surface area contributed by atoms with Crippen LogP contribution in [0.25, 0.3) is 22.1 Å². The summed E-state index contributed by atoms with van der Waals surface area (Å²) in [4.78, 5) is 9.83. The van der Waals surface area contributed by atoms with Gasteiger partial charge in [0.25, 0.3) is 0 Å². The fourth-order valence-corrected chi connectivity index (χ4v) is 1.90. The van der Waals surface area contributed by atoms with Crippen molar-refractivity contribution in [2.45, 2.75) is 6.92 Å². The lowest BCUT2D eigenvalue weighted by Gasteiger charge is -1.96. The van der Waals surface area contributed by atoms with Gasteiger partial charge in [0.15, 0.2) is 0 Å². The summed E-state index contributed by atoms with van der Waals surface area (Å²) >= 11 is 0. The van der Waals surface area contributed by atoms with Crippen molar-refractivity contribution in [1.82, 2.24) is 15.0 Å². The largest absolute Gasteiger partial charge is 0.382 e. The minimum absolute atomic E-state index is 0.930. The van der Waals surface area contributed by atoms with Crippen LogP contribution in [0.15, 0.2) is 18.5 Å². The van der Waals surface area contributed by atoms with Crippen LogP contribution in [-0.4, -0.2) is 21.5 Å². The normalized spacial score (nSPS) is 11.5. The Morgan fingerprint density at radius 3 is 3.00 bits per heavy atom. The van der Waals surface area contributed by atoms with E-state index in [0.29, 0.717) is 0 Å². The molecule has 0 unspecified atom stereocenters. The van der Waals surface area contributed by atoms with E-state index in [9.17, 15) is 0 Å². The number of nitrogens with one attached hydrogen (secondary N) is 4. The minimum Gasteiger partial charge on any atom is -0.382 e. The number of fused-ring (bicyclic) bond motifs is 3. The van der Waals surface area contributed by atoms with Crippen molar-refractivity contribution in [2.75, 3.05) is 11.9 Å². The maximum atomic E-state index is 3.37. The van der Waals surface area contributed by atoms with Gasteiger partial charge in [-0.25, -0.2) is 0 Å². The molecule has 0 atom stereocenters. The number of aromatic nitrogens is 3. The van der Waals surface area contributed by atoms with E-state index in [1.807, 2.05) is 18.5 Å².